The second-order valence-electron chi connectivity index (χ2n) is 10.2. The number of carbonyl (C=O) groups is 1. The van der Waals surface area contributed by atoms with Gasteiger partial charge in [-0.25, -0.2) is 9.37 Å². The predicted molar refractivity (Wildman–Crippen MR) is 132 cm³/mol. The van der Waals surface area contributed by atoms with E-state index in [-0.39, 0.29) is 43.1 Å². The molecule has 40 heavy (non-hydrogen) atoms. The van der Waals surface area contributed by atoms with E-state index in [2.05, 4.69) is 10.3 Å². The molecule has 0 bridgehead atoms. The number of hydrogen-bond acceptors (Lipinski definition) is 3. The fourth-order valence-corrected chi connectivity index (χ4v) is 5.57. The van der Waals surface area contributed by atoms with Crippen LogP contribution in [0.4, 0.5) is 30.7 Å². The van der Waals surface area contributed by atoms with Gasteiger partial charge in [-0.1, -0.05) is 36.4 Å². The van der Waals surface area contributed by atoms with Gasteiger partial charge in [0.15, 0.2) is 5.69 Å². The van der Waals surface area contributed by atoms with Gasteiger partial charge in [0.05, 0.1) is 17.3 Å². The summed E-state index contributed by atoms with van der Waals surface area (Å²) in [5, 5.41) is 2.60. The maximum atomic E-state index is 14.4. The first kappa shape index (κ1) is 28.1. The number of benzene rings is 2. The molecule has 12 heteroatoms. The zero-order valence-electron chi connectivity index (χ0n) is 21.5. The van der Waals surface area contributed by atoms with E-state index in [1.165, 1.54) is 7.05 Å². The summed E-state index contributed by atoms with van der Waals surface area (Å²) in [4.78, 5) is 18.9. The number of nitrogens with one attached hydrogen (secondary N) is 1. The molecule has 214 valence electrons. The first-order valence-corrected chi connectivity index (χ1v) is 13.0. The Bertz CT molecular complexity index is 1380. The van der Waals surface area contributed by atoms with Crippen molar-refractivity contribution >= 4 is 5.91 Å². The zero-order valence-corrected chi connectivity index (χ0v) is 21.5. The van der Waals surface area contributed by atoms with Gasteiger partial charge in [0.2, 0.25) is 5.91 Å². The topological polar surface area (TPSA) is 50.2 Å². The third-order valence-corrected chi connectivity index (χ3v) is 7.53. The molecule has 0 unspecified atom stereocenters. The van der Waals surface area contributed by atoms with Crippen molar-refractivity contribution in [1.82, 2.24) is 19.8 Å². The largest absolute Gasteiger partial charge is 0.435 e. The lowest BCUT2D eigenvalue weighted by molar-refractivity contribution is -0.143. The van der Waals surface area contributed by atoms with Gasteiger partial charge < -0.3 is 9.88 Å². The van der Waals surface area contributed by atoms with Crippen LogP contribution in [0, 0.1) is 5.82 Å². The van der Waals surface area contributed by atoms with Crippen molar-refractivity contribution in [2.75, 3.05) is 13.6 Å². The fraction of sp³-hybridized carbons (Fsp3) is 0.429. The maximum Gasteiger partial charge on any atom is 0.435 e. The number of nitrogens with zero attached hydrogens (tertiary/aromatic N) is 3. The first-order chi connectivity index (χ1) is 18.9. The summed E-state index contributed by atoms with van der Waals surface area (Å²) in [7, 11) is 1.44. The summed E-state index contributed by atoms with van der Waals surface area (Å²) >= 11 is 0. The summed E-state index contributed by atoms with van der Waals surface area (Å²) in [6.45, 7) is 0.426. The lowest BCUT2D eigenvalue weighted by atomic mass is 9.93. The van der Waals surface area contributed by atoms with Crippen LogP contribution in [0.1, 0.15) is 71.2 Å². The zero-order chi connectivity index (χ0) is 28.8. The molecule has 1 aromatic heterocycles. The number of likely N-dealkylation sites (N-methyl/N-ethyl adjacent to an activating group) is 1. The standard InChI is InChI=1S/C28H27F7N4O/c1-36-26(40)22(17-5-3-2-4-6-17)38-13-14-39-23(24(28(33,34)35)37-25(39)18-9-10-18)21(38)12-8-16-7-11-19(20(29)15-16)27(30,31)32/h2-7,11,15,18,21-22H,8-10,12-14H2,1H3,(H,36,40)/t21-,22+/m0/s1. The monoisotopic (exact) mass is 568 g/mol. The van der Waals surface area contributed by atoms with Gasteiger partial charge in [-0.2, -0.15) is 26.3 Å². The van der Waals surface area contributed by atoms with Crippen molar-refractivity contribution in [3.8, 4) is 0 Å². The molecule has 1 N–H and O–H groups in total. The van der Waals surface area contributed by atoms with Crippen molar-refractivity contribution < 1.29 is 35.5 Å². The van der Waals surface area contributed by atoms with E-state index in [0.717, 1.165) is 25.0 Å². The molecule has 1 aliphatic carbocycles. The van der Waals surface area contributed by atoms with Crippen LogP contribution in [0.2, 0.25) is 0 Å². The molecule has 2 heterocycles. The maximum absolute atomic E-state index is 14.4. The van der Waals surface area contributed by atoms with Gasteiger partial charge in [0, 0.05) is 26.1 Å². The smallest absolute Gasteiger partial charge is 0.358 e. The second kappa shape index (κ2) is 10.5. The lowest BCUT2D eigenvalue weighted by Crippen LogP contribution is -2.46. The highest BCUT2D eigenvalue weighted by molar-refractivity contribution is 5.83. The number of imidazole rings is 1. The Labute approximate surface area is 226 Å². The number of aryl methyl sites for hydroxylation is 1. The van der Waals surface area contributed by atoms with Crippen LogP contribution in [-0.2, 0) is 30.1 Å². The normalized spacial score (nSPS) is 18.9. The molecule has 1 fully saturated rings. The van der Waals surface area contributed by atoms with Gasteiger partial charge in [-0.15, -0.1) is 0 Å². The van der Waals surface area contributed by atoms with E-state index in [0.29, 0.717) is 17.5 Å². The Morgan fingerprint density at radius 3 is 2.30 bits per heavy atom. The Hall–Kier alpha value is -3.41. The van der Waals surface area contributed by atoms with Crippen molar-refractivity contribution in [2.45, 2.75) is 62.6 Å². The number of amides is 1. The Morgan fingerprint density at radius 1 is 1.02 bits per heavy atom. The molecule has 0 saturated heterocycles. The minimum Gasteiger partial charge on any atom is -0.358 e. The van der Waals surface area contributed by atoms with Gasteiger partial charge in [-0.3, -0.25) is 9.69 Å². The van der Waals surface area contributed by atoms with Crippen LogP contribution in [0.3, 0.4) is 0 Å². The quantitative estimate of drug-likeness (QED) is 0.335. The Morgan fingerprint density at radius 2 is 1.73 bits per heavy atom. The van der Waals surface area contributed by atoms with E-state index < -0.39 is 47.4 Å². The van der Waals surface area contributed by atoms with Crippen molar-refractivity contribution in [2.24, 2.45) is 0 Å². The molecule has 0 radical (unpaired) electrons. The number of alkyl halides is 6. The molecule has 1 saturated carbocycles. The molecule has 5 rings (SSSR count). The van der Waals surface area contributed by atoms with Gasteiger partial charge in [-0.05, 0) is 48.9 Å². The molecule has 2 atom stereocenters. The third-order valence-electron chi connectivity index (χ3n) is 7.53. The Balaban J connectivity index is 1.59. The average Bonchev–Trinajstić information content (AvgIpc) is 3.66. The van der Waals surface area contributed by atoms with E-state index in [1.807, 2.05) is 0 Å². The molecule has 2 aromatic carbocycles. The van der Waals surface area contributed by atoms with E-state index in [1.54, 1.807) is 39.8 Å². The first-order valence-electron chi connectivity index (χ1n) is 13.0. The highest BCUT2D eigenvalue weighted by Crippen LogP contribution is 2.48. The molecule has 0 spiro atoms. The van der Waals surface area contributed by atoms with Gasteiger partial charge in [0.25, 0.3) is 0 Å². The van der Waals surface area contributed by atoms with Crippen LogP contribution < -0.4 is 5.32 Å². The summed E-state index contributed by atoms with van der Waals surface area (Å²) in [5.41, 5.74) is -1.72. The average molecular weight is 569 g/mol. The van der Waals surface area contributed by atoms with Crippen LogP contribution in [0.15, 0.2) is 48.5 Å². The van der Waals surface area contributed by atoms with Crippen molar-refractivity contribution in [3.05, 3.63) is 88.3 Å². The summed E-state index contributed by atoms with van der Waals surface area (Å²) in [6, 6.07) is 9.27. The SMILES string of the molecule is CNC(=O)[C@@H](c1ccccc1)N1CCn2c(C3CC3)nc(C(F)(F)F)c2[C@@H]1CCc1ccc(C(F)(F)F)c(F)c1. The van der Waals surface area contributed by atoms with Crippen LogP contribution in [0.25, 0.3) is 0 Å². The molecule has 1 amide bonds. The fourth-order valence-electron chi connectivity index (χ4n) is 5.57. The highest BCUT2D eigenvalue weighted by atomic mass is 19.4. The number of carbonyl (C=O) groups excluding carboxylic acids is 1. The number of halogens is 7. The molecule has 1 aliphatic heterocycles. The second-order valence-corrected chi connectivity index (χ2v) is 10.2. The number of aromatic nitrogens is 2. The molecular weight excluding hydrogens is 541 g/mol. The van der Waals surface area contributed by atoms with Gasteiger partial charge >= 0.3 is 12.4 Å². The predicted octanol–water partition coefficient (Wildman–Crippen LogP) is 6.41. The molecule has 2 aliphatic rings. The molecule has 5 nitrogen and oxygen atoms in total. The van der Waals surface area contributed by atoms with E-state index in [9.17, 15) is 35.5 Å². The number of fused-ring (bicyclic) bond motifs is 1. The molecule has 3 aromatic rings. The highest BCUT2D eigenvalue weighted by Gasteiger charge is 2.47. The van der Waals surface area contributed by atoms with Crippen LogP contribution >= 0.6 is 0 Å². The lowest BCUT2D eigenvalue weighted by Gasteiger charge is -2.42. The van der Waals surface area contributed by atoms with Crippen molar-refractivity contribution in [1.29, 1.82) is 0 Å². The summed E-state index contributed by atoms with van der Waals surface area (Å²) in [6.07, 6.45) is -8.19. The minimum atomic E-state index is -4.87. The number of hydrogen-bond donors (Lipinski definition) is 1. The number of rotatable bonds is 7. The third kappa shape index (κ3) is 5.45. The van der Waals surface area contributed by atoms with Gasteiger partial charge in [0.1, 0.15) is 17.7 Å². The molecular formula is C28H27F7N4O. The van der Waals surface area contributed by atoms with Crippen LogP contribution in [-0.4, -0.2) is 34.0 Å². The van der Waals surface area contributed by atoms with E-state index >= 15 is 0 Å². The summed E-state index contributed by atoms with van der Waals surface area (Å²) < 4.78 is 98.2. The summed E-state index contributed by atoms with van der Waals surface area (Å²) in [5.74, 6) is -1.57. The minimum absolute atomic E-state index is 0.00991. The van der Waals surface area contributed by atoms with E-state index in [4.69, 9.17) is 0 Å². The van der Waals surface area contributed by atoms with Crippen molar-refractivity contribution in [3.63, 3.8) is 0 Å². The Kier molecular flexibility index (Phi) is 7.41. The van der Waals surface area contributed by atoms with Crippen LogP contribution in [0.5, 0.6) is 0 Å².